The molecule has 2 rings (SSSR count). The Labute approximate surface area is 116 Å². The smallest absolute Gasteiger partial charge is 0.289 e. The number of rotatable bonds is 5. The molecule has 19 heavy (non-hydrogen) atoms. The third-order valence-electron chi connectivity index (χ3n) is 2.67. The summed E-state index contributed by atoms with van der Waals surface area (Å²) in [6.45, 7) is 2.76. The summed E-state index contributed by atoms with van der Waals surface area (Å²) in [4.78, 5) is 14.2. The molecule has 2 aromatic rings. The molecule has 6 heteroatoms. The van der Waals surface area contributed by atoms with Gasteiger partial charge in [-0.1, -0.05) is 42.9 Å². The molecule has 1 aromatic carbocycles. The second-order valence-corrected chi connectivity index (χ2v) is 5.10. The second kappa shape index (κ2) is 6.29. The van der Waals surface area contributed by atoms with Crippen molar-refractivity contribution in [1.82, 2.24) is 10.2 Å². The molecule has 0 saturated carbocycles. The second-order valence-electron chi connectivity index (χ2n) is 4.09. The van der Waals surface area contributed by atoms with Gasteiger partial charge in [0, 0.05) is 12.2 Å². The summed E-state index contributed by atoms with van der Waals surface area (Å²) in [6, 6.07) is 9.58. The summed E-state index contributed by atoms with van der Waals surface area (Å²) >= 11 is 1.12. The summed E-state index contributed by atoms with van der Waals surface area (Å²) in [6.07, 6.45) is 1.96. The number of hydrogen-bond donors (Lipinski definition) is 1. The van der Waals surface area contributed by atoms with Gasteiger partial charge in [-0.05, 0) is 18.6 Å². The predicted molar refractivity (Wildman–Crippen MR) is 77.3 cm³/mol. The van der Waals surface area contributed by atoms with Crippen LogP contribution in [0.2, 0.25) is 0 Å². The van der Waals surface area contributed by atoms with Gasteiger partial charge >= 0.3 is 0 Å². The summed E-state index contributed by atoms with van der Waals surface area (Å²) in [5, 5.41) is 8.16. The van der Waals surface area contributed by atoms with Gasteiger partial charge in [-0.3, -0.25) is 4.79 Å². The van der Waals surface area contributed by atoms with Crippen molar-refractivity contribution in [2.24, 2.45) is 0 Å². The third-order valence-corrected chi connectivity index (χ3v) is 3.41. The Morgan fingerprint density at radius 3 is 2.63 bits per heavy atom. The number of carbonyl (C=O) groups excluding carboxylic acids is 1. The molecule has 0 radical (unpaired) electrons. The first-order valence-electron chi connectivity index (χ1n) is 6.18. The highest BCUT2D eigenvalue weighted by molar-refractivity contribution is 7.17. The standard InChI is InChI=1S/C13H16N4OS/c1-2-3-9-17(10-7-5-4-6-8-10)12(18)11-15-16-13(14)19-11/h4-8H,2-3,9H2,1H3,(H2,14,16). The van der Waals surface area contributed by atoms with Crippen molar-refractivity contribution < 1.29 is 4.79 Å². The van der Waals surface area contributed by atoms with E-state index >= 15 is 0 Å². The molecule has 1 aromatic heterocycles. The molecule has 0 fully saturated rings. The molecule has 0 atom stereocenters. The monoisotopic (exact) mass is 276 g/mol. The molecule has 0 aliphatic rings. The van der Waals surface area contributed by atoms with Crippen LogP contribution < -0.4 is 10.6 Å². The van der Waals surface area contributed by atoms with E-state index in [1.54, 1.807) is 4.90 Å². The fourth-order valence-corrected chi connectivity index (χ4v) is 2.27. The quantitative estimate of drug-likeness (QED) is 0.911. The van der Waals surface area contributed by atoms with Crippen molar-refractivity contribution in [1.29, 1.82) is 0 Å². The highest BCUT2D eigenvalue weighted by Crippen LogP contribution is 2.20. The molecule has 0 aliphatic heterocycles. The topological polar surface area (TPSA) is 72.1 Å². The van der Waals surface area contributed by atoms with Crippen LogP contribution in [0.1, 0.15) is 29.6 Å². The van der Waals surface area contributed by atoms with Gasteiger partial charge in [0.2, 0.25) is 10.1 Å². The lowest BCUT2D eigenvalue weighted by molar-refractivity contribution is 0.0985. The van der Waals surface area contributed by atoms with Crippen LogP contribution in [-0.2, 0) is 0 Å². The minimum absolute atomic E-state index is 0.145. The van der Waals surface area contributed by atoms with Crippen LogP contribution in [-0.4, -0.2) is 22.6 Å². The van der Waals surface area contributed by atoms with E-state index in [0.717, 1.165) is 29.9 Å². The van der Waals surface area contributed by atoms with E-state index < -0.39 is 0 Å². The van der Waals surface area contributed by atoms with Gasteiger partial charge in [-0.15, -0.1) is 10.2 Å². The fourth-order valence-electron chi connectivity index (χ4n) is 1.71. The van der Waals surface area contributed by atoms with Gasteiger partial charge in [-0.25, -0.2) is 0 Å². The van der Waals surface area contributed by atoms with E-state index in [0.29, 0.717) is 16.7 Å². The summed E-state index contributed by atoms with van der Waals surface area (Å²) in [5.41, 5.74) is 6.40. The average Bonchev–Trinajstić information content (AvgIpc) is 2.87. The Balaban J connectivity index is 2.25. The number of amides is 1. The first kappa shape index (κ1) is 13.5. The van der Waals surface area contributed by atoms with E-state index in [-0.39, 0.29) is 5.91 Å². The lowest BCUT2D eigenvalue weighted by Crippen LogP contribution is -2.31. The minimum atomic E-state index is -0.145. The molecule has 1 heterocycles. The van der Waals surface area contributed by atoms with Crippen molar-refractivity contribution >= 4 is 28.1 Å². The van der Waals surface area contributed by atoms with E-state index in [4.69, 9.17) is 5.73 Å². The number of benzene rings is 1. The minimum Gasteiger partial charge on any atom is -0.374 e. The molecule has 100 valence electrons. The Morgan fingerprint density at radius 1 is 1.32 bits per heavy atom. The number of anilines is 2. The van der Waals surface area contributed by atoms with Crippen molar-refractivity contribution in [3.8, 4) is 0 Å². The Morgan fingerprint density at radius 2 is 2.05 bits per heavy atom. The van der Waals surface area contributed by atoms with Crippen LogP contribution in [0.5, 0.6) is 0 Å². The maximum Gasteiger partial charge on any atom is 0.289 e. The van der Waals surface area contributed by atoms with E-state index in [9.17, 15) is 4.79 Å². The molecule has 1 amide bonds. The summed E-state index contributed by atoms with van der Waals surface area (Å²) in [5.74, 6) is -0.145. The number of unbranched alkanes of at least 4 members (excludes halogenated alkanes) is 1. The van der Waals surface area contributed by atoms with Crippen LogP contribution in [0.25, 0.3) is 0 Å². The van der Waals surface area contributed by atoms with Crippen LogP contribution in [0.4, 0.5) is 10.8 Å². The Kier molecular flexibility index (Phi) is 4.46. The zero-order valence-corrected chi connectivity index (χ0v) is 11.6. The maximum absolute atomic E-state index is 12.4. The largest absolute Gasteiger partial charge is 0.374 e. The van der Waals surface area contributed by atoms with Gasteiger partial charge in [-0.2, -0.15) is 0 Å². The third kappa shape index (κ3) is 3.29. The number of carbonyl (C=O) groups is 1. The molecule has 0 unspecified atom stereocenters. The number of nitrogen functional groups attached to an aromatic ring is 1. The first-order chi connectivity index (χ1) is 9.22. The molecule has 2 N–H and O–H groups in total. The first-order valence-corrected chi connectivity index (χ1v) is 7.00. The van der Waals surface area contributed by atoms with Crippen molar-refractivity contribution in [2.75, 3.05) is 17.2 Å². The number of hydrogen-bond acceptors (Lipinski definition) is 5. The van der Waals surface area contributed by atoms with Gasteiger partial charge in [0.25, 0.3) is 5.91 Å². The lowest BCUT2D eigenvalue weighted by Gasteiger charge is -2.21. The van der Waals surface area contributed by atoms with E-state index in [1.807, 2.05) is 30.3 Å². The fraction of sp³-hybridized carbons (Fsp3) is 0.308. The van der Waals surface area contributed by atoms with Crippen molar-refractivity contribution in [3.63, 3.8) is 0 Å². The number of aromatic nitrogens is 2. The number of nitrogens with two attached hydrogens (primary N) is 1. The molecule has 0 aliphatic carbocycles. The van der Waals surface area contributed by atoms with Crippen molar-refractivity contribution in [2.45, 2.75) is 19.8 Å². The molecule has 0 saturated heterocycles. The maximum atomic E-state index is 12.4. The normalized spacial score (nSPS) is 10.4. The Bertz CT molecular complexity index is 541. The van der Waals surface area contributed by atoms with Crippen molar-refractivity contribution in [3.05, 3.63) is 35.3 Å². The van der Waals surface area contributed by atoms with Gasteiger partial charge < -0.3 is 10.6 Å². The number of nitrogens with zero attached hydrogens (tertiary/aromatic N) is 3. The number of para-hydroxylation sites is 1. The van der Waals surface area contributed by atoms with Gasteiger partial charge in [0.05, 0.1) is 0 Å². The lowest BCUT2D eigenvalue weighted by atomic mass is 10.2. The highest BCUT2D eigenvalue weighted by atomic mass is 32.1. The van der Waals surface area contributed by atoms with Crippen LogP contribution in [0, 0.1) is 0 Å². The van der Waals surface area contributed by atoms with Crippen LogP contribution in [0.3, 0.4) is 0 Å². The van der Waals surface area contributed by atoms with Crippen LogP contribution in [0.15, 0.2) is 30.3 Å². The van der Waals surface area contributed by atoms with Gasteiger partial charge in [0.15, 0.2) is 0 Å². The van der Waals surface area contributed by atoms with Crippen LogP contribution >= 0.6 is 11.3 Å². The zero-order chi connectivity index (χ0) is 13.7. The highest BCUT2D eigenvalue weighted by Gasteiger charge is 2.20. The Hall–Kier alpha value is -1.95. The average molecular weight is 276 g/mol. The van der Waals surface area contributed by atoms with Gasteiger partial charge in [0.1, 0.15) is 0 Å². The molecular formula is C13H16N4OS. The molecule has 0 spiro atoms. The predicted octanol–water partition coefficient (Wildman–Crippen LogP) is 2.57. The molecular weight excluding hydrogens is 260 g/mol. The SMILES string of the molecule is CCCCN(C(=O)c1nnc(N)s1)c1ccccc1. The molecule has 5 nitrogen and oxygen atoms in total. The van der Waals surface area contributed by atoms with E-state index in [1.165, 1.54) is 0 Å². The van der Waals surface area contributed by atoms with E-state index in [2.05, 4.69) is 17.1 Å². The summed E-state index contributed by atoms with van der Waals surface area (Å²) < 4.78 is 0. The molecule has 0 bridgehead atoms. The summed E-state index contributed by atoms with van der Waals surface area (Å²) in [7, 11) is 0. The zero-order valence-electron chi connectivity index (χ0n) is 10.7.